The number of ether oxygens (including phenoxy) is 1. The SMILES string of the molecule is CCOC(=O)C(=N\O)/C(C)=N/NC(=O)CSc1nncn1C. The number of amides is 1. The minimum Gasteiger partial charge on any atom is -0.461 e. The van der Waals surface area contributed by atoms with Crippen molar-refractivity contribution in [1.29, 1.82) is 0 Å². The Hall–Kier alpha value is -2.43. The highest BCUT2D eigenvalue weighted by atomic mass is 32.2. The van der Waals surface area contributed by atoms with Gasteiger partial charge in [0.15, 0.2) is 5.16 Å². The van der Waals surface area contributed by atoms with Crippen LogP contribution in [0.2, 0.25) is 0 Å². The Balaban J connectivity index is 2.53. The van der Waals surface area contributed by atoms with Gasteiger partial charge in [0.25, 0.3) is 5.91 Å². The van der Waals surface area contributed by atoms with E-state index in [2.05, 4.69) is 30.6 Å². The fraction of sp³-hybridized carbons (Fsp3) is 0.455. The molecule has 2 N–H and O–H groups in total. The maximum Gasteiger partial charge on any atom is 0.362 e. The third kappa shape index (κ3) is 5.16. The third-order valence-electron chi connectivity index (χ3n) is 2.26. The lowest BCUT2D eigenvalue weighted by molar-refractivity contribution is -0.135. The molecule has 1 rings (SSSR count). The van der Waals surface area contributed by atoms with Crippen LogP contribution in [0.15, 0.2) is 21.7 Å². The molecule has 0 atom stereocenters. The maximum absolute atomic E-state index is 11.6. The number of nitrogens with zero attached hydrogens (tertiary/aromatic N) is 5. The van der Waals surface area contributed by atoms with Crippen LogP contribution in [0.25, 0.3) is 0 Å². The van der Waals surface area contributed by atoms with Gasteiger partial charge in [0.05, 0.1) is 18.1 Å². The fourth-order valence-corrected chi connectivity index (χ4v) is 1.91. The van der Waals surface area contributed by atoms with Crippen LogP contribution in [0, 0.1) is 0 Å². The minimum atomic E-state index is -0.825. The molecule has 10 nitrogen and oxygen atoms in total. The van der Waals surface area contributed by atoms with Gasteiger partial charge in [0, 0.05) is 7.05 Å². The Morgan fingerprint density at radius 3 is 2.82 bits per heavy atom. The lowest BCUT2D eigenvalue weighted by Gasteiger charge is -2.04. The summed E-state index contributed by atoms with van der Waals surface area (Å²) in [5, 5.41) is 23.4. The van der Waals surface area contributed by atoms with Crippen molar-refractivity contribution in [2.45, 2.75) is 19.0 Å². The molecule has 0 aliphatic heterocycles. The van der Waals surface area contributed by atoms with Gasteiger partial charge in [-0.25, -0.2) is 10.2 Å². The zero-order chi connectivity index (χ0) is 16.5. The molecule has 0 saturated carbocycles. The zero-order valence-electron chi connectivity index (χ0n) is 12.3. The number of carbonyl (C=O) groups excluding carboxylic acids is 2. The normalized spacial score (nSPS) is 12.1. The molecule has 0 aliphatic rings. The highest BCUT2D eigenvalue weighted by Gasteiger charge is 2.17. The van der Waals surface area contributed by atoms with E-state index in [1.807, 2.05) is 0 Å². The van der Waals surface area contributed by atoms with Gasteiger partial charge in [0.2, 0.25) is 5.71 Å². The highest BCUT2D eigenvalue weighted by Crippen LogP contribution is 2.12. The summed E-state index contributed by atoms with van der Waals surface area (Å²) in [6.45, 7) is 3.15. The molecular formula is C11H16N6O4S. The molecule has 11 heteroatoms. The summed E-state index contributed by atoms with van der Waals surface area (Å²) in [5.41, 5.74) is 1.90. The maximum atomic E-state index is 11.6. The van der Waals surface area contributed by atoms with Gasteiger partial charge in [0.1, 0.15) is 6.33 Å². The lowest BCUT2D eigenvalue weighted by atomic mass is 10.2. The van der Waals surface area contributed by atoms with Crippen LogP contribution in [-0.2, 0) is 21.4 Å². The average Bonchev–Trinajstić information content (AvgIpc) is 2.89. The smallest absolute Gasteiger partial charge is 0.362 e. The average molecular weight is 328 g/mol. The summed E-state index contributed by atoms with van der Waals surface area (Å²) < 4.78 is 6.36. The van der Waals surface area contributed by atoms with Crippen LogP contribution in [0.5, 0.6) is 0 Å². The number of nitrogens with one attached hydrogen (secondary N) is 1. The first kappa shape index (κ1) is 17.6. The van der Waals surface area contributed by atoms with E-state index in [-0.39, 0.29) is 23.8 Å². The number of oxime groups is 1. The van der Waals surface area contributed by atoms with Crippen LogP contribution in [0.3, 0.4) is 0 Å². The second kappa shape index (κ2) is 8.77. The predicted molar refractivity (Wildman–Crippen MR) is 78.8 cm³/mol. The number of thioether (sulfide) groups is 1. The molecule has 0 spiro atoms. The van der Waals surface area contributed by atoms with Crippen LogP contribution in [-0.4, -0.2) is 55.6 Å². The molecule has 1 heterocycles. The molecular weight excluding hydrogens is 312 g/mol. The minimum absolute atomic E-state index is 0.0259. The first-order valence-electron chi connectivity index (χ1n) is 6.19. The number of rotatable bonds is 7. The lowest BCUT2D eigenvalue weighted by Crippen LogP contribution is -2.28. The van der Waals surface area contributed by atoms with Gasteiger partial charge in [-0.15, -0.1) is 10.2 Å². The number of aromatic nitrogens is 3. The number of hydrogen-bond donors (Lipinski definition) is 2. The predicted octanol–water partition coefficient (Wildman–Crippen LogP) is -0.207. The fourth-order valence-electron chi connectivity index (χ4n) is 1.23. The number of aryl methyl sites for hydroxylation is 1. The second-order valence-electron chi connectivity index (χ2n) is 3.91. The van der Waals surface area contributed by atoms with Crippen molar-refractivity contribution < 1.29 is 19.5 Å². The van der Waals surface area contributed by atoms with Gasteiger partial charge < -0.3 is 14.5 Å². The van der Waals surface area contributed by atoms with E-state index in [1.54, 1.807) is 18.5 Å². The van der Waals surface area contributed by atoms with Crippen molar-refractivity contribution in [3.8, 4) is 0 Å². The third-order valence-corrected chi connectivity index (χ3v) is 3.30. The molecule has 0 saturated heterocycles. The van der Waals surface area contributed by atoms with Crippen molar-refractivity contribution in [2.24, 2.45) is 17.3 Å². The molecule has 22 heavy (non-hydrogen) atoms. The molecule has 0 aliphatic carbocycles. The summed E-state index contributed by atoms with van der Waals surface area (Å²) in [4.78, 5) is 23.1. The Labute approximate surface area is 130 Å². The highest BCUT2D eigenvalue weighted by molar-refractivity contribution is 7.99. The molecule has 0 radical (unpaired) electrons. The van der Waals surface area contributed by atoms with Crippen molar-refractivity contribution in [3.05, 3.63) is 6.33 Å². The van der Waals surface area contributed by atoms with E-state index in [4.69, 9.17) is 5.21 Å². The van der Waals surface area contributed by atoms with Crippen molar-refractivity contribution in [3.63, 3.8) is 0 Å². The first-order chi connectivity index (χ1) is 10.5. The van der Waals surface area contributed by atoms with Crippen molar-refractivity contribution >= 4 is 35.1 Å². The Morgan fingerprint density at radius 2 is 2.27 bits per heavy atom. The van der Waals surface area contributed by atoms with Crippen molar-refractivity contribution in [1.82, 2.24) is 20.2 Å². The summed E-state index contributed by atoms with van der Waals surface area (Å²) in [5.74, 6) is -1.17. The summed E-state index contributed by atoms with van der Waals surface area (Å²) in [6, 6.07) is 0. The second-order valence-corrected chi connectivity index (χ2v) is 4.86. The molecule has 0 bridgehead atoms. The number of hydrogen-bond acceptors (Lipinski definition) is 9. The van der Waals surface area contributed by atoms with Crippen LogP contribution in [0.1, 0.15) is 13.8 Å². The summed E-state index contributed by atoms with van der Waals surface area (Å²) in [6.07, 6.45) is 1.52. The van der Waals surface area contributed by atoms with Gasteiger partial charge in [-0.3, -0.25) is 4.79 Å². The van der Waals surface area contributed by atoms with E-state index in [9.17, 15) is 9.59 Å². The van der Waals surface area contributed by atoms with Crippen LogP contribution in [0.4, 0.5) is 0 Å². The van der Waals surface area contributed by atoms with E-state index >= 15 is 0 Å². The number of hydrazone groups is 1. The summed E-state index contributed by atoms with van der Waals surface area (Å²) in [7, 11) is 1.76. The topological polar surface area (TPSA) is 131 Å². The summed E-state index contributed by atoms with van der Waals surface area (Å²) >= 11 is 1.18. The van der Waals surface area contributed by atoms with E-state index < -0.39 is 11.9 Å². The molecule has 1 aromatic rings. The van der Waals surface area contributed by atoms with Crippen LogP contribution >= 0.6 is 11.8 Å². The Bertz CT molecular complexity index is 597. The molecule has 0 fully saturated rings. The first-order valence-corrected chi connectivity index (χ1v) is 7.17. The zero-order valence-corrected chi connectivity index (χ0v) is 13.1. The van der Waals surface area contributed by atoms with Crippen LogP contribution < -0.4 is 5.43 Å². The van der Waals surface area contributed by atoms with Gasteiger partial charge in [-0.1, -0.05) is 16.9 Å². The van der Waals surface area contributed by atoms with E-state index in [0.29, 0.717) is 5.16 Å². The van der Waals surface area contributed by atoms with Gasteiger partial charge in [-0.2, -0.15) is 5.10 Å². The van der Waals surface area contributed by atoms with Gasteiger partial charge >= 0.3 is 5.97 Å². The quantitative estimate of drug-likeness (QED) is 0.233. The largest absolute Gasteiger partial charge is 0.461 e. The van der Waals surface area contributed by atoms with Gasteiger partial charge in [-0.05, 0) is 13.8 Å². The molecule has 0 aromatic carbocycles. The molecule has 120 valence electrons. The van der Waals surface area contributed by atoms with E-state index in [1.165, 1.54) is 25.0 Å². The molecule has 1 aromatic heterocycles. The standard InChI is InChI=1S/C11H16N6O4S/c1-4-21-10(19)9(16-20)7(2)13-14-8(18)5-22-11-15-12-6-17(11)3/h6,20H,4-5H2,1-3H3,(H,14,18)/b13-7+,16-9-. The van der Waals surface area contributed by atoms with Crippen molar-refractivity contribution in [2.75, 3.05) is 12.4 Å². The van der Waals surface area contributed by atoms with E-state index in [0.717, 1.165) is 0 Å². The Morgan fingerprint density at radius 1 is 1.55 bits per heavy atom. The molecule has 0 unspecified atom stereocenters. The molecule has 1 amide bonds. The number of carbonyl (C=O) groups is 2. The number of esters is 1. The Kier molecular flexibility index (Phi) is 7.02. The monoisotopic (exact) mass is 328 g/mol.